The third-order valence-electron chi connectivity index (χ3n) is 3.52. The molecule has 3 heteroatoms. The molecule has 0 N–H and O–H groups in total. The van der Waals surface area contributed by atoms with E-state index in [9.17, 15) is 4.79 Å². The number of hydrogen-bond acceptors (Lipinski definition) is 2. The summed E-state index contributed by atoms with van der Waals surface area (Å²) in [6, 6.07) is 10.3. The van der Waals surface area contributed by atoms with Crippen molar-refractivity contribution in [2.24, 2.45) is 0 Å². The molecule has 1 aliphatic rings. The van der Waals surface area contributed by atoms with E-state index < -0.39 is 5.38 Å². The van der Waals surface area contributed by atoms with Crippen LogP contribution >= 0.6 is 11.6 Å². The largest absolute Gasteiger partial charge is 0.461 e. The molecule has 3 unspecified atom stereocenters. The zero-order valence-corrected chi connectivity index (χ0v) is 11.4. The summed E-state index contributed by atoms with van der Waals surface area (Å²) in [6.07, 6.45) is 4.32. The van der Waals surface area contributed by atoms with Gasteiger partial charge in [0.15, 0.2) is 0 Å². The predicted octanol–water partition coefficient (Wildman–Crippen LogP) is 3.88. The molecular formula is C15H19ClO2. The lowest BCUT2D eigenvalue weighted by Crippen LogP contribution is -2.31. The molecule has 0 aliphatic heterocycles. The average Bonchev–Trinajstić information content (AvgIpc) is 2.40. The summed E-state index contributed by atoms with van der Waals surface area (Å²) in [6.45, 7) is 1.66. The molecule has 0 radical (unpaired) electrons. The Morgan fingerprint density at radius 1 is 1.28 bits per heavy atom. The number of halogens is 1. The van der Waals surface area contributed by atoms with Crippen molar-refractivity contribution in [1.82, 2.24) is 0 Å². The van der Waals surface area contributed by atoms with Crippen molar-refractivity contribution in [2.75, 3.05) is 0 Å². The molecule has 1 fully saturated rings. The number of hydrogen-bond donors (Lipinski definition) is 0. The summed E-state index contributed by atoms with van der Waals surface area (Å²) in [5, 5.41) is -0.566. The number of alkyl halides is 1. The van der Waals surface area contributed by atoms with Crippen LogP contribution in [0.3, 0.4) is 0 Å². The van der Waals surface area contributed by atoms with Crippen LogP contribution in [0, 0.1) is 0 Å². The highest BCUT2D eigenvalue weighted by Gasteiger charge is 2.30. The first-order chi connectivity index (χ1) is 8.68. The van der Waals surface area contributed by atoms with Crippen molar-refractivity contribution >= 4 is 17.6 Å². The molecule has 0 bridgehead atoms. The highest BCUT2D eigenvalue weighted by atomic mass is 35.5. The van der Waals surface area contributed by atoms with Crippen molar-refractivity contribution in [3.63, 3.8) is 0 Å². The Morgan fingerprint density at radius 2 is 1.94 bits per heavy atom. The van der Waals surface area contributed by atoms with Gasteiger partial charge in [-0.15, -0.1) is 11.6 Å². The van der Waals surface area contributed by atoms with Crippen LogP contribution in [-0.2, 0) is 9.53 Å². The molecule has 1 aliphatic carbocycles. The van der Waals surface area contributed by atoms with Crippen molar-refractivity contribution in [3.8, 4) is 0 Å². The molecule has 1 aromatic carbocycles. The van der Waals surface area contributed by atoms with Gasteiger partial charge in [0, 0.05) is 5.92 Å². The van der Waals surface area contributed by atoms with Crippen LogP contribution in [0.4, 0.5) is 0 Å². The number of esters is 1. The number of carbonyl (C=O) groups is 1. The van der Waals surface area contributed by atoms with E-state index in [2.05, 4.69) is 12.1 Å². The molecule has 18 heavy (non-hydrogen) atoms. The van der Waals surface area contributed by atoms with Gasteiger partial charge in [-0.05, 0) is 31.7 Å². The molecule has 98 valence electrons. The van der Waals surface area contributed by atoms with Crippen LogP contribution in [0.1, 0.15) is 44.1 Å². The fraction of sp³-hybridized carbons (Fsp3) is 0.533. The summed E-state index contributed by atoms with van der Waals surface area (Å²) in [4.78, 5) is 11.6. The molecule has 0 aromatic heterocycles. The molecule has 1 saturated carbocycles. The van der Waals surface area contributed by atoms with Crippen LogP contribution < -0.4 is 0 Å². The topological polar surface area (TPSA) is 26.3 Å². The molecule has 1 aromatic rings. The zero-order valence-electron chi connectivity index (χ0n) is 10.6. The van der Waals surface area contributed by atoms with Crippen molar-refractivity contribution in [1.29, 1.82) is 0 Å². The summed E-state index contributed by atoms with van der Waals surface area (Å²) in [5.74, 6) is 0.0174. The standard InChI is InChI=1S/C15H19ClO2/c1-11(16)15(17)18-14-10-6-5-9-13(14)12-7-3-2-4-8-12/h2-4,7-8,11,13-14H,5-6,9-10H2,1H3. The van der Waals surface area contributed by atoms with Gasteiger partial charge in [-0.2, -0.15) is 0 Å². The van der Waals surface area contributed by atoms with Crippen molar-refractivity contribution in [3.05, 3.63) is 35.9 Å². The van der Waals surface area contributed by atoms with Gasteiger partial charge in [-0.25, -0.2) is 0 Å². The maximum absolute atomic E-state index is 11.6. The number of carbonyl (C=O) groups excluding carboxylic acids is 1. The minimum atomic E-state index is -0.566. The summed E-state index contributed by atoms with van der Waals surface area (Å²) >= 11 is 5.77. The molecule has 0 spiro atoms. The fourth-order valence-electron chi connectivity index (χ4n) is 2.56. The SMILES string of the molecule is CC(Cl)C(=O)OC1CCCCC1c1ccccc1. The normalized spacial score (nSPS) is 25.4. The predicted molar refractivity (Wildman–Crippen MR) is 72.8 cm³/mol. The number of rotatable bonds is 3. The van der Waals surface area contributed by atoms with E-state index in [1.165, 1.54) is 12.0 Å². The van der Waals surface area contributed by atoms with Crippen LogP contribution in [-0.4, -0.2) is 17.5 Å². The van der Waals surface area contributed by atoms with E-state index in [0.717, 1.165) is 19.3 Å². The summed E-state index contributed by atoms with van der Waals surface area (Å²) < 4.78 is 5.55. The maximum Gasteiger partial charge on any atom is 0.324 e. The lowest BCUT2D eigenvalue weighted by molar-refractivity contribution is -0.150. The fourth-order valence-corrected chi connectivity index (χ4v) is 2.61. The molecule has 2 nitrogen and oxygen atoms in total. The Bertz CT molecular complexity index is 389. The Balaban J connectivity index is 2.09. The van der Waals surface area contributed by atoms with E-state index in [4.69, 9.17) is 16.3 Å². The monoisotopic (exact) mass is 266 g/mol. The van der Waals surface area contributed by atoms with Crippen LogP contribution in [0.2, 0.25) is 0 Å². The molecule has 3 atom stereocenters. The number of benzene rings is 1. The summed E-state index contributed by atoms with van der Waals surface area (Å²) in [7, 11) is 0. The highest BCUT2D eigenvalue weighted by molar-refractivity contribution is 6.29. The van der Waals surface area contributed by atoms with E-state index in [1.807, 2.05) is 18.2 Å². The minimum Gasteiger partial charge on any atom is -0.461 e. The third kappa shape index (κ3) is 3.26. The molecular weight excluding hydrogens is 248 g/mol. The lowest BCUT2D eigenvalue weighted by atomic mass is 9.81. The van der Waals surface area contributed by atoms with Crippen LogP contribution in [0.5, 0.6) is 0 Å². The van der Waals surface area contributed by atoms with Crippen LogP contribution in [0.25, 0.3) is 0 Å². The van der Waals surface area contributed by atoms with E-state index in [1.54, 1.807) is 6.92 Å². The van der Waals surface area contributed by atoms with Gasteiger partial charge >= 0.3 is 5.97 Å². The zero-order chi connectivity index (χ0) is 13.0. The Kier molecular flexibility index (Phi) is 4.65. The maximum atomic E-state index is 11.6. The highest BCUT2D eigenvalue weighted by Crippen LogP contribution is 2.35. The Morgan fingerprint density at radius 3 is 2.61 bits per heavy atom. The lowest BCUT2D eigenvalue weighted by Gasteiger charge is -2.31. The van der Waals surface area contributed by atoms with Crippen molar-refractivity contribution < 1.29 is 9.53 Å². The molecule has 0 heterocycles. The van der Waals surface area contributed by atoms with Crippen molar-refractivity contribution in [2.45, 2.75) is 50.0 Å². The first kappa shape index (κ1) is 13.4. The Labute approximate surface area is 113 Å². The third-order valence-corrected chi connectivity index (χ3v) is 3.70. The second-order valence-corrected chi connectivity index (χ2v) is 5.55. The van der Waals surface area contributed by atoms with E-state index >= 15 is 0 Å². The second kappa shape index (κ2) is 6.24. The molecule has 0 saturated heterocycles. The minimum absolute atomic E-state index is 0.0187. The van der Waals surface area contributed by atoms with Gasteiger partial charge in [-0.3, -0.25) is 4.79 Å². The first-order valence-electron chi connectivity index (χ1n) is 6.58. The quantitative estimate of drug-likeness (QED) is 0.613. The first-order valence-corrected chi connectivity index (χ1v) is 7.01. The average molecular weight is 267 g/mol. The van der Waals surface area contributed by atoms with Gasteiger partial charge in [-0.1, -0.05) is 36.8 Å². The molecule has 2 rings (SSSR count). The van der Waals surface area contributed by atoms with Gasteiger partial charge in [0.1, 0.15) is 11.5 Å². The van der Waals surface area contributed by atoms with Gasteiger partial charge in [0.05, 0.1) is 0 Å². The van der Waals surface area contributed by atoms with Gasteiger partial charge in [0.25, 0.3) is 0 Å². The van der Waals surface area contributed by atoms with Gasteiger partial charge < -0.3 is 4.74 Å². The van der Waals surface area contributed by atoms with E-state index in [0.29, 0.717) is 5.92 Å². The molecule has 0 amide bonds. The smallest absolute Gasteiger partial charge is 0.324 e. The Hall–Kier alpha value is -1.02. The summed E-state index contributed by atoms with van der Waals surface area (Å²) in [5.41, 5.74) is 1.26. The van der Waals surface area contributed by atoms with Gasteiger partial charge in [0.2, 0.25) is 0 Å². The second-order valence-electron chi connectivity index (χ2n) is 4.89. The van der Waals surface area contributed by atoms with Crippen LogP contribution in [0.15, 0.2) is 30.3 Å². The number of ether oxygens (including phenoxy) is 1. The van der Waals surface area contributed by atoms with E-state index in [-0.39, 0.29) is 12.1 Å².